The van der Waals surface area contributed by atoms with Gasteiger partial charge in [-0.1, -0.05) is 35.5 Å². The van der Waals surface area contributed by atoms with Gasteiger partial charge in [0.2, 0.25) is 0 Å². The minimum absolute atomic E-state index is 0.155. The minimum Gasteiger partial charge on any atom is -0.480 e. The molecular weight excluding hydrogens is 456 g/mol. The standard InChI is InChI=1S/C27H28N6O3/c1-17-11-12-28-24(13-17)29-15-21-16-33(32-31-21)22-9-7-20(8-10-22)14-23(27(35)36)30-26(34)25-18(2)5-4-6-19(25)3/h4-13,16,23H,14-15H2,1-3H3,(H,28,29)(H,30,34)(H,35,36). The van der Waals surface area contributed by atoms with Gasteiger partial charge in [0.15, 0.2) is 0 Å². The Kier molecular flexibility index (Phi) is 7.39. The summed E-state index contributed by atoms with van der Waals surface area (Å²) < 4.78 is 1.65. The Labute approximate surface area is 209 Å². The molecule has 1 atom stereocenters. The van der Waals surface area contributed by atoms with Crippen LogP contribution in [-0.2, 0) is 17.8 Å². The number of aryl methyl sites for hydroxylation is 3. The molecule has 0 aliphatic rings. The molecule has 2 heterocycles. The number of amides is 1. The average Bonchev–Trinajstić information content (AvgIpc) is 3.32. The molecule has 4 aromatic rings. The van der Waals surface area contributed by atoms with Crippen molar-refractivity contribution >= 4 is 17.7 Å². The van der Waals surface area contributed by atoms with Crippen molar-refractivity contribution in [3.63, 3.8) is 0 Å². The van der Waals surface area contributed by atoms with Crippen LogP contribution in [0.3, 0.4) is 0 Å². The SMILES string of the molecule is Cc1ccnc(NCc2cn(-c3ccc(CC(NC(=O)c4c(C)cccc4C)C(=O)O)cc3)nn2)c1. The van der Waals surface area contributed by atoms with Crippen LogP contribution in [-0.4, -0.2) is 43.0 Å². The Balaban J connectivity index is 1.40. The van der Waals surface area contributed by atoms with Gasteiger partial charge in [0.25, 0.3) is 5.91 Å². The number of anilines is 1. The number of carbonyl (C=O) groups excluding carboxylic acids is 1. The largest absolute Gasteiger partial charge is 0.480 e. The first-order valence-corrected chi connectivity index (χ1v) is 11.6. The zero-order valence-corrected chi connectivity index (χ0v) is 20.4. The molecule has 0 spiro atoms. The van der Waals surface area contributed by atoms with E-state index in [-0.39, 0.29) is 12.3 Å². The molecule has 3 N–H and O–H groups in total. The van der Waals surface area contributed by atoms with Crippen LogP contribution in [0.2, 0.25) is 0 Å². The number of nitrogens with one attached hydrogen (secondary N) is 2. The van der Waals surface area contributed by atoms with Crippen LogP contribution < -0.4 is 10.6 Å². The lowest BCUT2D eigenvalue weighted by Crippen LogP contribution is -2.42. The molecule has 0 saturated carbocycles. The van der Waals surface area contributed by atoms with E-state index in [0.717, 1.165) is 39.5 Å². The van der Waals surface area contributed by atoms with Gasteiger partial charge >= 0.3 is 5.97 Å². The van der Waals surface area contributed by atoms with Gasteiger partial charge in [-0.2, -0.15) is 0 Å². The number of benzene rings is 2. The van der Waals surface area contributed by atoms with E-state index in [9.17, 15) is 14.7 Å². The second-order valence-electron chi connectivity index (χ2n) is 8.73. The quantitative estimate of drug-likeness (QED) is 0.332. The van der Waals surface area contributed by atoms with Gasteiger partial charge in [-0.3, -0.25) is 4.79 Å². The number of aliphatic carboxylic acids is 1. The molecule has 2 aromatic carbocycles. The van der Waals surface area contributed by atoms with Crippen molar-refractivity contribution < 1.29 is 14.7 Å². The Hall–Kier alpha value is -4.53. The second-order valence-corrected chi connectivity index (χ2v) is 8.73. The number of rotatable bonds is 9. The molecule has 1 amide bonds. The summed E-state index contributed by atoms with van der Waals surface area (Å²) in [5.74, 6) is -0.707. The fourth-order valence-electron chi connectivity index (χ4n) is 3.94. The van der Waals surface area contributed by atoms with Gasteiger partial charge in [-0.25, -0.2) is 14.5 Å². The van der Waals surface area contributed by atoms with Crippen LogP contribution in [0, 0.1) is 20.8 Å². The zero-order valence-electron chi connectivity index (χ0n) is 20.4. The smallest absolute Gasteiger partial charge is 0.326 e. The highest BCUT2D eigenvalue weighted by Crippen LogP contribution is 2.15. The van der Waals surface area contributed by atoms with Crippen molar-refractivity contribution in [2.45, 2.75) is 39.8 Å². The van der Waals surface area contributed by atoms with E-state index in [2.05, 4.69) is 25.9 Å². The van der Waals surface area contributed by atoms with Crippen molar-refractivity contribution in [3.8, 4) is 5.69 Å². The maximum Gasteiger partial charge on any atom is 0.326 e. The monoisotopic (exact) mass is 484 g/mol. The van der Waals surface area contributed by atoms with E-state index >= 15 is 0 Å². The van der Waals surface area contributed by atoms with Gasteiger partial charge in [0.1, 0.15) is 17.6 Å². The maximum absolute atomic E-state index is 12.8. The van der Waals surface area contributed by atoms with E-state index < -0.39 is 12.0 Å². The predicted octanol–water partition coefficient (Wildman–Crippen LogP) is 3.63. The Bertz CT molecular complexity index is 1360. The summed E-state index contributed by atoms with van der Waals surface area (Å²) in [5.41, 5.74) is 5.55. The van der Waals surface area contributed by atoms with E-state index in [1.54, 1.807) is 10.9 Å². The second kappa shape index (κ2) is 10.8. The first kappa shape index (κ1) is 24.6. The van der Waals surface area contributed by atoms with Gasteiger partial charge in [-0.05, 0) is 67.3 Å². The molecule has 36 heavy (non-hydrogen) atoms. The lowest BCUT2D eigenvalue weighted by Gasteiger charge is -2.17. The minimum atomic E-state index is -1.09. The highest BCUT2D eigenvalue weighted by atomic mass is 16.4. The van der Waals surface area contributed by atoms with Crippen LogP contribution in [0.4, 0.5) is 5.82 Å². The first-order chi connectivity index (χ1) is 17.3. The third-order valence-corrected chi connectivity index (χ3v) is 5.86. The summed E-state index contributed by atoms with van der Waals surface area (Å²) in [4.78, 5) is 28.9. The molecule has 4 rings (SSSR count). The number of hydrogen-bond donors (Lipinski definition) is 3. The number of carboxylic acids is 1. The topological polar surface area (TPSA) is 122 Å². The van der Waals surface area contributed by atoms with E-state index in [4.69, 9.17) is 0 Å². The fraction of sp³-hybridized carbons (Fsp3) is 0.222. The molecule has 0 fully saturated rings. The molecule has 0 aliphatic carbocycles. The van der Waals surface area contributed by atoms with Crippen LogP contribution in [0.15, 0.2) is 67.0 Å². The number of pyridine rings is 1. The van der Waals surface area contributed by atoms with E-state index in [1.165, 1.54) is 0 Å². The van der Waals surface area contributed by atoms with Gasteiger partial charge in [-0.15, -0.1) is 5.10 Å². The number of hydrogen-bond acceptors (Lipinski definition) is 6. The summed E-state index contributed by atoms with van der Waals surface area (Å²) in [6.45, 7) is 6.16. The summed E-state index contributed by atoms with van der Waals surface area (Å²) in [7, 11) is 0. The third kappa shape index (κ3) is 5.93. The van der Waals surface area contributed by atoms with Gasteiger partial charge in [0.05, 0.1) is 18.4 Å². The Morgan fingerprint density at radius 1 is 1.03 bits per heavy atom. The number of aromatic nitrogens is 4. The average molecular weight is 485 g/mol. The van der Waals surface area contributed by atoms with Crippen molar-refractivity contribution in [3.05, 3.63) is 101 Å². The molecule has 9 heteroatoms. The number of nitrogens with zero attached hydrogens (tertiary/aromatic N) is 4. The van der Waals surface area contributed by atoms with Crippen LogP contribution in [0.25, 0.3) is 5.69 Å². The van der Waals surface area contributed by atoms with Crippen LogP contribution in [0.5, 0.6) is 0 Å². The highest BCUT2D eigenvalue weighted by molar-refractivity contribution is 5.99. The highest BCUT2D eigenvalue weighted by Gasteiger charge is 2.23. The van der Waals surface area contributed by atoms with Crippen molar-refractivity contribution in [2.24, 2.45) is 0 Å². The zero-order chi connectivity index (χ0) is 25.7. The molecule has 0 aliphatic heterocycles. The van der Waals surface area contributed by atoms with Crippen molar-refractivity contribution in [2.75, 3.05) is 5.32 Å². The summed E-state index contributed by atoms with van der Waals surface area (Å²) in [6.07, 6.45) is 3.73. The van der Waals surface area contributed by atoms with Gasteiger partial charge < -0.3 is 15.7 Å². The molecule has 0 saturated heterocycles. The molecule has 9 nitrogen and oxygen atoms in total. The van der Waals surface area contributed by atoms with E-state index in [0.29, 0.717) is 12.1 Å². The molecule has 0 bridgehead atoms. The Morgan fingerprint density at radius 3 is 2.42 bits per heavy atom. The van der Waals surface area contributed by atoms with Crippen molar-refractivity contribution in [1.82, 2.24) is 25.3 Å². The molecule has 184 valence electrons. The summed E-state index contributed by atoms with van der Waals surface area (Å²) in [6, 6.07) is 15.7. The summed E-state index contributed by atoms with van der Waals surface area (Å²) in [5, 5.41) is 24.0. The van der Waals surface area contributed by atoms with Crippen LogP contribution in [0.1, 0.15) is 38.3 Å². The molecule has 0 radical (unpaired) electrons. The predicted molar refractivity (Wildman–Crippen MR) is 136 cm³/mol. The number of carbonyl (C=O) groups is 2. The maximum atomic E-state index is 12.8. The van der Waals surface area contributed by atoms with Crippen LogP contribution >= 0.6 is 0 Å². The lowest BCUT2D eigenvalue weighted by molar-refractivity contribution is -0.139. The first-order valence-electron chi connectivity index (χ1n) is 11.6. The Morgan fingerprint density at radius 2 is 1.75 bits per heavy atom. The van der Waals surface area contributed by atoms with Gasteiger partial charge in [0, 0.05) is 18.2 Å². The normalized spacial score (nSPS) is 11.6. The summed E-state index contributed by atoms with van der Waals surface area (Å²) >= 11 is 0. The molecule has 1 unspecified atom stereocenters. The lowest BCUT2D eigenvalue weighted by atomic mass is 10.0. The fourth-order valence-corrected chi connectivity index (χ4v) is 3.94. The molecular formula is C27H28N6O3. The third-order valence-electron chi connectivity index (χ3n) is 5.86. The molecule has 2 aromatic heterocycles. The van der Waals surface area contributed by atoms with Crippen molar-refractivity contribution in [1.29, 1.82) is 0 Å². The number of carboxylic acid groups (broad SMARTS) is 1. The van der Waals surface area contributed by atoms with E-state index in [1.807, 2.05) is 81.6 Å².